The first-order chi connectivity index (χ1) is 13.3. The first kappa shape index (κ1) is 22.9. The van der Waals surface area contributed by atoms with Crippen LogP contribution < -0.4 is 16.0 Å². The summed E-state index contributed by atoms with van der Waals surface area (Å²) < 4.78 is 5.96. The van der Waals surface area contributed by atoms with Crippen LogP contribution in [0.25, 0.3) is 0 Å². The van der Waals surface area contributed by atoms with Gasteiger partial charge in [-0.25, -0.2) is 0 Å². The van der Waals surface area contributed by atoms with E-state index in [1.807, 2.05) is 18.2 Å². The van der Waals surface area contributed by atoms with Gasteiger partial charge in [-0.05, 0) is 30.9 Å². The van der Waals surface area contributed by atoms with Gasteiger partial charge in [0.1, 0.15) is 0 Å². The van der Waals surface area contributed by atoms with Crippen molar-refractivity contribution in [1.82, 2.24) is 10.6 Å². The minimum absolute atomic E-state index is 0. The van der Waals surface area contributed by atoms with Crippen molar-refractivity contribution < 1.29 is 9.53 Å². The standard InChI is InChI=1S/C21H32N4O2.HI/c1-22-21(23-12-7-13-27-17-8-3-2-4-9-17)24-15-16-14-20(26)25-19-11-6-5-10-18(16)19;/h5-6,10-11,16-17H,2-4,7-9,12-15H2,1H3,(H,25,26)(H2,22,23,24);1H. The number of carbonyl (C=O) groups is 1. The summed E-state index contributed by atoms with van der Waals surface area (Å²) in [6.45, 7) is 2.31. The second kappa shape index (κ2) is 12.3. The van der Waals surface area contributed by atoms with E-state index < -0.39 is 0 Å². The summed E-state index contributed by atoms with van der Waals surface area (Å²) >= 11 is 0. The Kier molecular flexibility index (Phi) is 10.0. The molecule has 6 nitrogen and oxygen atoms in total. The summed E-state index contributed by atoms with van der Waals surface area (Å²) in [4.78, 5) is 16.2. The minimum atomic E-state index is 0. The summed E-state index contributed by atoms with van der Waals surface area (Å²) in [6.07, 6.45) is 8.33. The molecule has 1 saturated carbocycles. The Bertz CT molecular complexity index is 647. The Balaban J connectivity index is 0.00000280. The molecule has 1 fully saturated rings. The van der Waals surface area contributed by atoms with Crippen LogP contribution in [0.5, 0.6) is 0 Å². The number of para-hydroxylation sites is 1. The lowest BCUT2D eigenvalue weighted by Crippen LogP contribution is -2.41. The van der Waals surface area contributed by atoms with E-state index in [4.69, 9.17) is 4.74 Å². The highest BCUT2D eigenvalue weighted by Gasteiger charge is 2.24. The van der Waals surface area contributed by atoms with Crippen LogP contribution in [0.1, 0.15) is 56.4 Å². The number of halogens is 1. The molecular formula is C21H33IN4O2. The molecule has 0 spiro atoms. The number of hydrogen-bond acceptors (Lipinski definition) is 3. The molecule has 1 heterocycles. The predicted octanol–water partition coefficient (Wildman–Crippen LogP) is 3.63. The van der Waals surface area contributed by atoms with E-state index >= 15 is 0 Å². The Morgan fingerprint density at radius 1 is 1.21 bits per heavy atom. The van der Waals surface area contributed by atoms with Crippen molar-refractivity contribution in [2.45, 2.75) is 57.0 Å². The molecular weight excluding hydrogens is 467 g/mol. The van der Waals surface area contributed by atoms with E-state index in [2.05, 4.69) is 27.0 Å². The fourth-order valence-corrected chi connectivity index (χ4v) is 3.89. The van der Waals surface area contributed by atoms with Crippen molar-refractivity contribution in [3.05, 3.63) is 29.8 Å². The van der Waals surface area contributed by atoms with Gasteiger partial charge < -0.3 is 20.7 Å². The van der Waals surface area contributed by atoms with Gasteiger partial charge in [0.15, 0.2) is 5.96 Å². The highest BCUT2D eigenvalue weighted by Crippen LogP contribution is 2.31. The van der Waals surface area contributed by atoms with Gasteiger partial charge in [0, 0.05) is 44.8 Å². The molecule has 1 amide bonds. The summed E-state index contributed by atoms with van der Waals surface area (Å²) in [5.74, 6) is 1.00. The topological polar surface area (TPSA) is 74.8 Å². The molecule has 3 N–H and O–H groups in total. The molecule has 2 aliphatic rings. The monoisotopic (exact) mass is 500 g/mol. The largest absolute Gasteiger partial charge is 0.378 e. The second-order valence-corrected chi connectivity index (χ2v) is 7.40. The average Bonchev–Trinajstić information content (AvgIpc) is 2.70. The first-order valence-corrected chi connectivity index (χ1v) is 10.2. The van der Waals surface area contributed by atoms with Gasteiger partial charge in [-0.15, -0.1) is 24.0 Å². The van der Waals surface area contributed by atoms with E-state index in [1.54, 1.807) is 7.05 Å². The van der Waals surface area contributed by atoms with E-state index in [-0.39, 0.29) is 35.8 Å². The van der Waals surface area contributed by atoms with Gasteiger partial charge >= 0.3 is 0 Å². The van der Waals surface area contributed by atoms with E-state index in [0.29, 0.717) is 19.1 Å². The predicted molar refractivity (Wildman–Crippen MR) is 125 cm³/mol. The van der Waals surface area contributed by atoms with Crippen molar-refractivity contribution >= 4 is 41.5 Å². The quantitative estimate of drug-likeness (QED) is 0.231. The fraction of sp³-hybridized carbons (Fsp3) is 0.619. The van der Waals surface area contributed by atoms with Crippen molar-refractivity contribution in [2.75, 3.05) is 32.1 Å². The third kappa shape index (κ3) is 6.92. The zero-order valence-electron chi connectivity index (χ0n) is 16.7. The zero-order valence-corrected chi connectivity index (χ0v) is 19.0. The number of hydrogen-bond donors (Lipinski definition) is 3. The molecule has 1 atom stereocenters. The van der Waals surface area contributed by atoms with E-state index in [9.17, 15) is 4.79 Å². The van der Waals surface area contributed by atoms with Gasteiger partial charge in [0.05, 0.1) is 6.10 Å². The molecule has 1 aromatic rings. The van der Waals surface area contributed by atoms with Crippen molar-refractivity contribution in [2.24, 2.45) is 4.99 Å². The number of anilines is 1. The number of guanidine groups is 1. The zero-order chi connectivity index (χ0) is 18.9. The smallest absolute Gasteiger partial charge is 0.225 e. The molecule has 1 aromatic carbocycles. The van der Waals surface area contributed by atoms with Gasteiger partial charge in [0.25, 0.3) is 0 Å². The maximum Gasteiger partial charge on any atom is 0.225 e. The van der Waals surface area contributed by atoms with Crippen molar-refractivity contribution in [3.8, 4) is 0 Å². The lowest BCUT2D eigenvalue weighted by atomic mass is 9.90. The molecule has 0 radical (unpaired) electrons. The van der Waals surface area contributed by atoms with Crippen molar-refractivity contribution in [3.63, 3.8) is 0 Å². The van der Waals surface area contributed by atoms with Crippen LogP contribution >= 0.6 is 24.0 Å². The van der Waals surface area contributed by atoms with Crippen LogP contribution in [0.3, 0.4) is 0 Å². The third-order valence-corrected chi connectivity index (χ3v) is 5.37. The van der Waals surface area contributed by atoms with Crippen LogP contribution in [-0.2, 0) is 9.53 Å². The van der Waals surface area contributed by atoms with Gasteiger partial charge in [-0.1, -0.05) is 37.5 Å². The minimum Gasteiger partial charge on any atom is -0.378 e. The fourth-order valence-electron chi connectivity index (χ4n) is 3.89. The first-order valence-electron chi connectivity index (χ1n) is 10.2. The molecule has 0 bridgehead atoms. The number of amides is 1. The maximum absolute atomic E-state index is 11.9. The number of nitrogens with zero attached hydrogens (tertiary/aromatic N) is 1. The molecule has 0 saturated heterocycles. The average molecular weight is 500 g/mol. The van der Waals surface area contributed by atoms with Gasteiger partial charge in [-0.2, -0.15) is 0 Å². The number of benzene rings is 1. The lowest BCUT2D eigenvalue weighted by molar-refractivity contribution is -0.116. The number of carbonyl (C=O) groups excluding carboxylic acids is 1. The normalized spacial score (nSPS) is 20.0. The number of fused-ring (bicyclic) bond motifs is 1. The molecule has 1 unspecified atom stereocenters. The summed E-state index contributed by atoms with van der Waals surface area (Å²) in [5, 5.41) is 9.64. The summed E-state index contributed by atoms with van der Waals surface area (Å²) in [7, 11) is 1.77. The van der Waals surface area contributed by atoms with Gasteiger partial charge in [0.2, 0.25) is 5.91 Å². The van der Waals surface area contributed by atoms with Crippen LogP contribution in [0, 0.1) is 0 Å². The Labute approximate surface area is 185 Å². The Morgan fingerprint density at radius 2 is 2.00 bits per heavy atom. The lowest BCUT2D eigenvalue weighted by Gasteiger charge is -2.26. The number of nitrogens with one attached hydrogen (secondary N) is 3. The van der Waals surface area contributed by atoms with E-state index in [1.165, 1.54) is 37.7 Å². The van der Waals surface area contributed by atoms with Crippen LogP contribution in [0.2, 0.25) is 0 Å². The van der Waals surface area contributed by atoms with Crippen molar-refractivity contribution in [1.29, 1.82) is 0 Å². The van der Waals surface area contributed by atoms with Crippen LogP contribution in [0.4, 0.5) is 5.69 Å². The molecule has 0 aromatic heterocycles. The Morgan fingerprint density at radius 3 is 2.79 bits per heavy atom. The number of aliphatic imine (C=N–C) groups is 1. The molecule has 28 heavy (non-hydrogen) atoms. The number of rotatable bonds is 7. The highest BCUT2D eigenvalue weighted by atomic mass is 127. The van der Waals surface area contributed by atoms with Crippen LogP contribution in [-0.4, -0.2) is 44.7 Å². The van der Waals surface area contributed by atoms with Gasteiger partial charge in [-0.3, -0.25) is 9.79 Å². The third-order valence-electron chi connectivity index (χ3n) is 5.37. The number of ether oxygens (including phenoxy) is 1. The molecule has 7 heteroatoms. The summed E-state index contributed by atoms with van der Waals surface area (Å²) in [5.41, 5.74) is 2.10. The molecule has 156 valence electrons. The Hall–Kier alpha value is -1.35. The summed E-state index contributed by atoms with van der Waals surface area (Å²) in [6, 6.07) is 8.01. The van der Waals surface area contributed by atoms with E-state index in [0.717, 1.165) is 31.2 Å². The van der Waals surface area contributed by atoms with Crippen LogP contribution in [0.15, 0.2) is 29.3 Å². The highest BCUT2D eigenvalue weighted by molar-refractivity contribution is 14.0. The SMILES string of the molecule is CN=C(NCCCOC1CCCCC1)NCC1CC(=O)Nc2ccccc21.I. The molecule has 1 aliphatic heterocycles. The molecule has 3 rings (SSSR count). The second-order valence-electron chi connectivity index (χ2n) is 7.40. The molecule has 1 aliphatic carbocycles. The maximum atomic E-state index is 11.9.